The maximum absolute atomic E-state index is 11.7. The Morgan fingerprint density at radius 1 is 1.53 bits per heavy atom. The standard InChI is InChI=1S/C11H17ClN4O/c1-16(2)5-3-4-14-11(17)8-6-9(12)15-10(13)7-8/h6-7H,3-5H2,1-2H3,(H2,13,15)(H,14,17). The molecule has 1 rings (SSSR count). The van der Waals surface area contributed by atoms with Crippen LogP contribution < -0.4 is 11.1 Å². The predicted molar refractivity (Wildman–Crippen MR) is 69.2 cm³/mol. The van der Waals surface area contributed by atoms with E-state index >= 15 is 0 Å². The lowest BCUT2D eigenvalue weighted by atomic mass is 10.2. The molecule has 6 heteroatoms. The molecule has 0 aliphatic rings. The summed E-state index contributed by atoms with van der Waals surface area (Å²) in [6.07, 6.45) is 0.896. The second-order valence-electron chi connectivity index (χ2n) is 4.02. The highest BCUT2D eigenvalue weighted by atomic mass is 35.5. The summed E-state index contributed by atoms with van der Waals surface area (Å²) in [6, 6.07) is 3.01. The summed E-state index contributed by atoms with van der Waals surface area (Å²) < 4.78 is 0. The molecule has 1 amide bonds. The van der Waals surface area contributed by atoms with Gasteiger partial charge in [-0.15, -0.1) is 0 Å². The maximum atomic E-state index is 11.7. The zero-order chi connectivity index (χ0) is 12.8. The minimum atomic E-state index is -0.181. The van der Waals surface area contributed by atoms with Gasteiger partial charge in [-0.25, -0.2) is 4.98 Å². The number of nitrogens with zero attached hydrogens (tertiary/aromatic N) is 2. The van der Waals surface area contributed by atoms with Crippen molar-refractivity contribution >= 4 is 23.3 Å². The van der Waals surface area contributed by atoms with E-state index in [9.17, 15) is 4.79 Å². The fraction of sp³-hybridized carbons (Fsp3) is 0.455. The van der Waals surface area contributed by atoms with Crippen molar-refractivity contribution in [3.63, 3.8) is 0 Å². The number of nitrogens with one attached hydrogen (secondary N) is 1. The smallest absolute Gasteiger partial charge is 0.251 e. The summed E-state index contributed by atoms with van der Waals surface area (Å²) in [6.45, 7) is 1.55. The summed E-state index contributed by atoms with van der Waals surface area (Å²) >= 11 is 5.72. The van der Waals surface area contributed by atoms with Crippen LogP contribution in [0, 0.1) is 0 Å². The monoisotopic (exact) mass is 256 g/mol. The van der Waals surface area contributed by atoms with E-state index < -0.39 is 0 Å². The van der Waals surface area contributed by atoms with Crippen molar-refractivity contribution in [3.05, 3.63) is 22.8 Å². The lowest BCUT2D eigenvalue weighted by Gasteiger charge is -2.10. The highest BCUT2D eigenvalue weighted by Crippen LogP contribution is 2.11. The summed E-state index contributed by atoms with van der Waals surface area (Å²) in [5.41, 5.74) is 5.95. The number of carbonyl (C=O) groups is 1. The molecule has 0 bridgehead atoms. The van der Waals surface area contributed by atoms with Crippen molar-refractivity contribution in [3.8, 4) is 0 Å². The Kier molecular flexibility index (Phi) is 5.18. The lowest BCUT2D eigenvalue weighted by molar-refractivity contribution is 0.0952. The molecule has 3 N–H and O–H groups in total. The Labute approximate surface area is 106 Å². The molecule has 17 heavy (non-hydrogen) atoms. The number of nitrogen functional groups attached to an aromatic ring is 1. The fourth-order valence-electron chi connectivity index (χ4n) is 1.35. The molecule has 0 aliphatic heterocycles. The number of pyridine rings is 1. The van der Waals surface area contributed by atoms with Crippen LogP contribution in [0.2, 0.25) is 5.15 Å². The van der Waals surface area contributed by atoms with E-state index in [0.717, 1.165) is 13.0 Å². The van der Waals surface area contributed by atoms with Crippen LogP contribution in [0.3, 0.4) is 0 Å². The molecule has 0 saturated carbocycles. The number of carbonyl (C=O) groups excluding carboxylic acids is 1. The van der Waals surface area contributed by atoms with Gasteiger partial charge in [0.05, 0.1) is 0 Å². The molecule has 1 aromatic rings. The fourth-order valence-corrected chi connectivity index (χ4v) is 1.56. The van der Waals surface area contributed by atoms with Gasteiger partial charge in [-0.05, 0) is 39.2 Å². The molecule has 0 aliphatic carbocycles. The van der Waals surface area contributed by atoms with Gasteiger partial charge in [-0.1, -0.05) is 11.6 Å². The third kappa shape index (κ3) is 5.01. The number of hydrogen-bond acceptors (Lipinski definition) is 4. The first-order chi connectivity index (χ1) is 7.99. The molecule has 0 aromatic carbocycles. The van der Waals surface area contributed by atoms with Crippen molar-refractivity contribution in [2.24, 2.45) is 0 Å². The molecule has 1 aromatic heterocycles. The number of rotatable bonds is 5. The average Bonchev–Trinajstić information content (AvgIpc) is 2.22. The van der Waals surface area contributed by atoms with Gasteiger partial charge in [-0.3, -0.25) is 4.79 Å². The largest absolute Gasteiger partial charge is 0.384 e. The molecule has 5 nitrogen and oxygen atoms in total. The Morgan fingerprint density at radius 2 is 2.24 bits per heavy atom. The van der Waals surface area contributed by atoms with Crippen LogP contribution in [0.25, 0.3) is 0 Å². The van der Waals surface area contributed by atoms with Crippen LogP contribution in [-0.2, 0) is 0 Å². The Hall–Kier alpha value is -1.33. The number of halogens is 1. The Morgan fingerprint density at radius 3 is 2.82 bits per heavy atom. The zero-order valence-electron chi connectivity index (χ0n) is 10.0. The van der Waals surface area contributed by atoms with Crippen molar-refractivity contribution in [2.75, 3.05) is 32.9 Å². The third-order valence-electron chi connectivity index (χ3n) is 2.14. The SMILES string of the molecule is CN(C)CCCNC(=O)c1cc(N)nc(Cl)c1. The lowest BCUT2D eigenvalue weighted by Crippen LogP contribution is -2.27. The van der Waals surface area contributed by atoms with Gasteiger partial charge < -0.3 is 16.0 Å². The molecular formula is C11H17ClN4O. The molecule has 0 fully saturated rings. The number of anilines is 1. The minimum Gasteiger partial charge on any atom is -0.384 e. The Balaban J connectivity index is 2.47. The van der Waals surface area contributed by atoms with Gasteiger partial charge in [-0.2, -0.15) is 0 Å². The van der Waals surface area contributed by atoms with E-state index in [1.807, 2.05) is 14.1 Å². The normalized spacial score (nSPS) is 10.6. The molecular weight excluding hydrogens is 240 g/mol. The molecule has 94 valence electrons. The van der Waals surface area contributed by atoms with E-state index in [0.29, 0.717) is 12.1 Å². The zero-order valence-corrected chi connectivity index (χ0v) is 10.8. The van der Waals surface area contributed by atoms with Crippen LogP contribution >= 0.6 is 11.6 Å². The molecule has 1 heterocycles. The first-order valence-electron chi connectivity index (χ1n) is 5.35. The van der Waals surface area contributed by atoms with E-state index in [-0.39, 0.29) is 16.9 Å². The average molecular weight is 257 g/mol. The predicted octanol–water partition coefficient (Wildman–Crippen LogP) is 0.999. The molecule has 0 radical (unpaired) electrons. The quantitative estimate of drug-likeness (QED) is 0.609. The highest BCUT2D eigenvalue weighted by Gasteiger charge is 2.07. The van der Waals surface area contributed by atoms with Crippen LogP contribution in [0.4, 0.5) is 5.82 Å². The van der Waals surface area contributed by atoms with Crippen molar-refractivity contribution in [1.29, 1.82) is 0 Å². The summed E-state index contributed by atoms with van der Waals surface area (Å²) in [5.74, 6) is 0.0655. The van der Waals surface area contributed by atoms with Gasteiger partial charge in [0.25, 0.3) is 5.91 Å². The van der Waals surface area contributed by atoms with Gasteiger partial charge in [0, 0.05) is 12.1 Å². The van der Waals surface area contributed by atoms with E-state index in [1.165, 1.54) is 12.1 Å². The summed E-state index contributed by atoms with van der Waals surface area (Å²) in [7, 11) is 3.98. The number of nitrogens with two attached hydrogens (primary N) is 1. The second kappa shape index (κ2) is 6.42. The highest BCUT2D eigenvalue weighted by molar-refractivity contribution is 6.29. The first kappa shape index (κ1) is 13.7. The van der Waals surface area contributed by atoms with Crippen LogP contribution in [-0.4, -0.2) is 43.0 Å². The summed E-state index contributed by atoms with van der Waals surface area (Å²) in [5, 5.41) is 3.03. The van der Waals surface area contributed by atoms with Crippen molar-refractivity contribution in [1.82, 2.24) is 15.2 Å². The molecule has 0 unspecified atom stereocenters. The Bertz CT molecular complexity index is 375. The molecule has 0 spiro atoms. The third-order valence-corrected chi connectivity index (χ3v) is 2.34. The minimum absolute atomic E-state index is 0.181. The van der Waals surface area contributed by atoms with Crippen LogP contribution in [0.5, 0.6) is 0 Å². The van der Waals surface area contributed by atoms with E-state index in [2.05, 4.69) is 15.2 Å². The second-order valence-corrected chi connectivity index (χ2v) is 4.40. The maximum Gasteiger partial charge on any atom is 0.251 e. The van der Waals surface area contributed by atoms with Crippen molar-refractivity contribution < 1.29 is 4.79 Å². The van der Waals surface area contributed by atoms with Gasteiger partial charge in [0.1, 0.15) is 11.0 Å². The number of aromatic nitrogens is 1. The van der Waals surface area contributed by atoms with E-state index in [1.54, 1.807) is 0 Å². The number of hydrogen-bond donors (Lipinski definition) is 2. The molecule has 0 atom stereocenters. The van der Waals surface area contributed by atoms with Crippen LogP contribution in [0.15, 0.2) is 12.1 Å². The van der Waals surface area contributed by atoms with Gasteiger partial charge in [0.2, 0.25) is 0 Å². The van der Waals surface area contributed by atoms with Gasteiger partial charge >= 0.3 is 0 Å². The van der Waals surface area contributed by atoms with Crippen LogP contribution in [0.1, 0.15) is 16.8 Å². The van der Waals surface area contributed by atoms with Crippen molar-refractivity contribution in [2.45, 2.75) is 6.42 Å². The topological polar surface area (TPSA) is 71.2 Å². The van der Waals surface area contributed by atoms with Gasteiger partial charge in [0.15, 0.2) is 0 Å². The van der Waals surface area contributed by atoms with E-state index in [4.69, 9.17) is 17.3 Å². The summed E-state index contributed by atoms with van der Waals surface area (Å²) in [4.78, 5) is 17.6. The molecule has 0 saturated heterocycles. The first-order valence-corrected chi connectivity index (χ1v) is 5.73. The number of amides is 1.